The zero-order chi connectivity index (χ0) is 134. The number of methoxy groups -OCH3 is 10. The van der Waals surface area contributed by atoms with Crippen molar-refractivity contribution >= 4 is 0 Å². The smallest absolute Gasteiger partial charge is 0.160 e. The number of aliphatic hydroxyl groups is 5. The fourth-order valence-corrected chi connectivity index (χ4v) is 10.4. The second-order valence-corrected chi connectivity index (χ2v) is 26.2. The molecule has 5 atom stereocenters. The number of ether oxygens (including phenoxy) is 15. The third-order valence-electron chi connectivity index (χ3n) is 16.5. The second kappa shape index (κ2) is 59.8. The fraction of sp³-hybridized carbons (Fsp3) is 0.429. The van der Waals surface area contributed by atoms with Crippen molar-refractivity contribution in [3.05, 3.63) is 268 Å². The quantitative estimate of drug-likeness (QED) is 0.0238. The van der Waals surface area contributed by atoms with Crippen molar-refractivity contribution in [3.63, 3.8) is 0 Å². The molecule has 20 heteroatoms. The van der Waals surface area contributed by atoms with Crippen LogP contribution < -0.4 is 71.1 Å². The largest absolute Gasteiger partial charge is 0.493 e. The molecule has 0 amide bonds. The van der Waals surface area contributed by atoms with Crippen LogP contribution in [-0.2, 0) is 32.1 Å². The van der Waals surface area contributed by atoms with Crippen LogP contribution in [0.1, 0.15) is 220 Å². The van der Waals surface area contributed by atoms with E-state index in [1.165, 1.54) is 163 Å². The summed E-state index contributed by atoms with van der Waals surface area (Å²) < 4.78 is 469. The number of hydrogen-bond acceptors (Lipinski definition) is 20. The lowest BCUT2D eigenvalue weighted by molar-refractivity contribution is 0.0976. The molecule has 0 fully saturated rings. The molecule has 0 spiro atoms. The Kier molecular flexibility index (Phi) is 24.4. The lowest BCUT2D eigenvalue weighted by Crippen LogP contribution is -2.17. The Morgan fingerprint density at radius 2 is 0.416 bits per heavy atom. The van der Waals surface area contributed by atoms with E-state index in [4.69, 9.17) is 140 Å². The van der Waals surface area contributed by atoms with Gasteiger partial charge in [-0.05, 0) is 307 Å². The minimum Gasteiger partial charge on any atom is -0.493 e. The highest BCUT2D eigenvalue weighted by molar-refractivity contribution is 5.47. The first-order chi connectivity index (χ1) is 78.9. The van der Waals surface area contributed by atoms with Gasteiger partial charge in [0.2, 0.25) is 0 Å². The Morgan fingerprint density at radius 3 is 0.592 bits per heavy atom. The van der Waals surface area contributed by atoms with Gasteiger partial charge in [-0.15, -0.1) is 0 Å². The minimum absolute atomic E-state index is 0.0183. The van der Waals surface area contributed by atoms with E-state index in [9.17, 15) is 25.5 Å². The van der Waals surface area contributed by atoms with Crippen molar-refractivity contribution in [1.29, 1.82) is 0 Å². The molecule has 0 saturated carbocycles. The van der Waals surface area contributed by atoms with Crippen molar-refractivity contribution in [2.45, 2.75) is 193 Å². The molecule has 10 aromatic carbocycles. The van der Waals surface area contributed by atoms with Crippen molar-refractivity contribution in [2.24, 2.45) is 0 Å². The van der Waals surface area contributed by atoms with Crippen molar-refractivity contribution in [2.75, 3.05) is 104 Å². The summed E-state index contributed by atoms with van der Waals surface area (Å²) in [5, 5.41) is 53.0. The van der Waals surface area contributed by atoms with Gasteiger partial charge in [0.1, 0.15) is 61.5 Å². The van der Waals surface area contributed by atoms with Crippen LogP contribution in [0.4, 0.5) is 0 Å². The Hall–Kier alpha value is -11.0. The van der Waals surface area contributed by atoms with Gasteiger partial charge in [-0.25, -0.2) is 0 Å². The van der Waals surface area contributed by atoms with Crippen molar-refractivity contribution in [1.82, 2.24) is 0 Å². The minimum atomic E-state index is -3.57. The fourth-order valence-electron chi connectivity index (χ4n) is 10.4. The molecule has 0 aliphatic heterocycles. The molecule has 125 heavy (non-hydrogen) atoms. The van der Waals surface area contributed by atoms with Gasteiger partial charge in [-0.2, -0.15) is 0 Å². The number of rotatable bonds is 50. The molecular weight excluding hydrogens is 1580 g/mol. The molecule has 10 rings (SSSR count). The Morgan fingerprint density at radius 1 is 0.240 bits per heavy atom. The number of aryl methyl sites for hydroxylation is 10. The zero-order valence-corrected chi connectivity index (χ0v) is 70.6. The van der Waals surface area contributed by atoms with E-state index in [0.717, 1.165) is 28.8 Å². The van der Waals surface area contributed by atoms with Crippen LogP contribution in [0.25, 0.3) is 0 Å². The molecule has 0 radical (unpaired) electrons. The van der Waals surface area contributed by atoms with Crippen LogP contribution in [0.3, 0.4) is 0 Å². The molecule has 0 bridgehead atoms. The van der Waals surface area contributed by atoms with E-state index in [-0.39, 0.29) is 80.8 Å². The van der Waals surface area contributed by atoms with Gasteiger partial charge < -0.3 is 96.6 Å². The summed E-state index contributed by atoms with van der Waals surface area (Å²) in [5.74, 6) is -0.440. The normalized spacial score (nSPS) is 21.2. The van der Waals surface area contributed by atoms with Gasteiger partial charge in [0.15, 0.2) is 57.5 Å². The topological polar surface area (TPSA) is 240 Å². The first-order valence-electron chi connectivity index (χ1n) is 63.1. The summed E-state index contributed by atoms with van der Waals surface area (Å²) in [5.41, 5.74) is 4.96. The summed E-state index contributed by atoms with van der Waals surface area (Å²) in [6.07, 6.45) is -52.1. The van der Waals surface area contributed by atoms with Gasteiger partial charge >= 0.3 is 0 Å². The molecule has 0 aromatic heterocycles. The Bertz CT molecular complexity index is 6840. The van der Waals surface area contributed by atoms with Gasteiger partial charge in [0.25, 0.3) is 0 Å². The third kappa shape index (κ3) is 41.1. The Balaban J connectivity index is 0.000000331. The van der Waals surface area contributed by atoms with E-state index >= 15 is 0 Å². The van der Waals surface area contributed by atoms with Gasteiger partial charge in [-0.1, -0.05) is 123 Å². The lowest BCUT2D eigenvalue weighted by atomic mass is 10.0. The molecule has 0 saturated heterocycles. The maximum Gasteiger partial charge on any atom is 0.160 e. The molecule has 5 unspecified atom stereocenters. The molecule has 5 N–H and O–H groups in total. The van der Waals surface area contributed by atoms with Gasteiger partial charge in [-0.3, -0.25) is 0 Å². The van der Waals surface area contributed by atoms with Gasteiger partial charge in [0, 0.05) is 27.4 Å². The van der Waals surface area contributed by atoms with Crippen molar-refractivity contribution in [3.8, 4) is 86.2 Å². The van der Waals surface area contributed by atoms with Crippen LogP contribution in [0.2, 0.25) is 0 Å². The van der Waals surface area contributed by atoms with Crippen molar-refractivity contribution < 1.29 is 165 Å². The predicted octanol–water partition coefficient (Wildman–Crippen LogP) is 20.8. The molecule has 0 aliphatic carbocycles. The highest BCUT2D eigenvalue weighted by atomic mass is 16.5. The summed E-state index contributed by atoms with van der Waals surface area (Å²) in [6, 6.07) is 50.7. The summed E-state index contributed by atoms with van der Waals surface area (Å²) in [7, 11) is -7.41. The third-order valence-corrected chi connectivity index (χ3v) is 16.5. The van der Waals surface area contributed by atoms with Crippen LogP contribution in [0, 0.1) is 34.6 Å². The Labute approximate surface area is 814 Å². The summed E-state index contributed by atoms with van der Waals surface area (Å²) in [6.45, 7) is -7.54. The SMILES string of the molecule is [2H]C([2H])(Cc1ccc(OC([2H])([2H])[2H])c(OC([2H])([2H])[2H])c1)CC([2H])([2H])C([2H])(O)C([2H])([2H])Oc1cccc(C)c1.[2H]C([2H])(Cc1ccc(OC([2H])([2H])[2H])c(OC)c1)CC([2H])([2H])C([2H])(O)C([2H])([2H])Oc1cccc(C)c1.[2H]C([2H])(Cc1ccc(OC([2H])([2H])[2H])c(OC)c1)CC([2H])([2H])C([2H])(O)C([2H])([2H])Oc1cccc(C)c1.[2H]C([2H])(Cc1ccc(OC)c(OC([2H])([2H])[2H])c1)CC([2H])([2H])C([2H])(O)C([2H])([2H])Oc1cccc(C)c1.[2H]C([2H])(Cc1ccc(OC)c(OC)c1)CC([2H])([2H])C([2H])(O)C([2H])([2H])Oc1cccc(C)c1. The second-order valence-electron chi connectivity index (χ2n) is 26.2. The molecule has 680 valence electrons. The maximum absolute atomic E-state index is 10.6. The first kappa shape index (κ1) is 51.0. The predicted molar refractivity (Wildman–Crippen MR) is 499 cm³/mol. The van der Waals surface area contributed by atoms with E-state index in [0.29, 0.717) is 39.3 Å². The maximum atomic E-state index is 10.6. The average Bonchev–Trinajstić information content (AvgIpc) is 0.764. The van der Waals surface area contributed by atoms with E-state index < -0.39 is 231 Å². The monoisotopic (exact) mass is 1770 g/mol. The van der Waals surface area contributed by atoms with Crippen LogP contribution in [0.5, 0.6) is 86.2 Å². The number of hydrogen-bond donors (Lipinski definition) is 5. The lowest BCUT2D eigenvalue weighted by Gasteiger charge is -2.13. The molecule has 0 aliphatic rings. The zero-order valence-electron chi connectivity index (χ0n) is 121. The standard InChI is InChI=1S/5C21H28O4/c5*1-16-7-6-10-19(13-16)25-15-18(22)9-5-4-8-17-11-12-20(23-2)21(14-17)24-3/h5*6-7,10-14,18,22H,4-5,8-9,15H2,1-3H3/i2D3,3D3,4D2,9D2,15D2,18D;3D3,4D2,9D2,15D2,18D;2*2D3,4D2,9D2,15D2,18D;4D2,9D2,15D2,18D. The summed E-state index contributed by atoms with van der Waals surface area (Å²) in [4.78, 5) is 0. The average molecular weight is 1770 g/mol. The molecule has 20 nitrogen and oxygen atoms in total. The van der Waals surface area contributed by atoms with Crippen LogP contribution in [0.15, 0.2) is 212 Å². The van der Waals surface area contributed by atoms with E-state index in [2.05, 4.69) is 0 Å². The van der Waals surface area contributed by atoms with Gasteiger partial charge in [0.05, 0.1) is 142 Å². The van der Waals surface area contributed by atoms with E-state index in [1.54, 1.807) is 107 Å². The molecule has 0 heterocycles. The van der Waals surface area contributed by atoms with Crippen LogP contribution >= 0.6 is 0 Å². The highest BCUT2D eigenvalue weighted by Gasteiger charge is 2.15. The first-order valence-corrected chi connectivity index (χ1v) is 38.1. The molecular formula is C105H140O20. The highest BCUT2D eigenvalue weighted by Crippen LogP contribution is 2.34. The van der Waals surface area contributed by atoms with Crippen LogP contribution in [-0.4, -0.2) is 159 Å². The summed E-state index contributed by atoms with van der Waals surface area (Å²) >= 11 is 0. The van der Waals surface area contributed by atoms with E-state index in [1.807, 2.05) is 0 Å². The number of benzene rings is 10. The molecule has 10 aromatic rings.